The molecular formula is C16H20ClN3. The summed E-state index contributed by atoms with van der Waals surface area (Å²) in [5.74, 6) is 0. The molecule has 0 aliphatic carbocycles. The van der Waals surface area contributed by atoms with Gasteiger partial charge in [0.15, 0.2) is 0 Å². The highest BCUT2D eigenvalue weighted by Crippen LogP contribution is 2.34. The van der Waals surface area contributed by atoms with Gasteiger partial charge in [0.1, 0.15) is 0 Å². The number of piperidine rings is 1. The highest BCUT2D eigenvalue weighted by Gasteiger charge is 2.15. The fourth-order valence-corrected chi connectivity index (χ4v) is 2.57. The number of hydrogen-bond donors (Lipinski definition) is 1. The first-order chi connectivity index (χ1) is 9.63. The molecule has 0 bridgehead atoms. The average Bonchev–Trinajstić information content (AvgIpc) is 2.48. The molecule has 1 aromatic carbocycles. The van der Waals surface area contributed by atoms with Crippen molar-refractivity contribution < 1.29 is 0 Å². The van der Waals surface area contributed by atoms with E-state index in [1.54, 1.807) is 12.3 Å². The van der Waals surface area contributed by atoms with Crippen LogP contribution in [-0.2, 0) is 0 Å². The van der Waals surface area contributed by atoms with Gasteiger partial charge in [0.05, 0.1) is 16.4 Å². The van der Waals surface area contributed by atoms with Crippen LogP contribution in [0.25, 0.3) is 5.70 Å². The minimum Gasteiger partial charge on any atom is -0.396 e. The quantitative estimate of drug-likeness (QED) is 0.664. The van der Waals surface area contributed by atoms with Crippen LogP contribution in [0.2, 0.25) is 5.02 Å². The highest BCUT2D eigenvalue weighted by molar-refractivity contribution is 6.34. The molecule has 1 fully saturated rings. The minimum atomic E-state index is 0.486. The standard InChI is InChI=1S/C16H20ClN3/c1-3-7-19-15-11-13(10-14(17)16(15)18)12(2)20-8-5-4-6-9-20/h3,7,10-11H,1-2,4-6,8-9,18H2/b19-7-. The SMILES string of the molecule is C=C/C=N\c1cc(C(=C)N2CCCCC2)cc(Cl)c1N. The summed E-state index contributed by atoms with van der Waals surface area (Å²) in [4.78, 5) is 6.56. The van der Waals surface area contributed by atoms with Crippen LogP contribution in [0.15, 0.2) is 36.4 Å². The van der Waals surface area contributed by atoms with E-state index in [1.165, 1.54) is 19.3 Å². The van der Waals surface area contributed by atoms with Gasteiger partial charge < -0.3 is 10.6 Å². The molecule has 4 heteroatoms. The number of nitrogens with zero attached hydrogens (tertiary/aromatic N) is 2. The normalized spacial score (nSPS) is 15.6. The average molecular weight is 290 g/mol. The van der Waals surface area contributed by atoms with Gasteiger partial charge >= 0.3 is 0 Å². The van der Waals surface area contributed by atoms with Gasteiger partial charge in [-0.1, -0.05) is 30.8 Å². The van der Waals surface area contributed by atoms with Gasteiger partial charge in [-0.25, -0.2) is 0 Å². The summed E-state index contributed by atoms with van der Waals surface area (Å²) in [5, 5.41) is 0.511. The molecule has 0 amide bonds. The Bertz CT molecular complexity index is 543. The van der Waals surface area contributed by atoms with Crippen LogP contribution >= 0.6 is 11.6 Å². The van der Waals surface area contributed by atoms with Crippen LogP contribution < -0.4 is 5.73 Å². The summed E-state index contributed by atoms with van der Waals surface area (Å²) >= 11 is 6.20. The molecule has 1 aliphatic heterocycles. The fraction of sp³-hybridized carbons (Fsp3) is 0.312. The molecule has 0 saturated carbocycles. The second-order valence-corrected chi connectivity index (χ2v) is 5.31. The summed E-state index contributed by atoms with van der Waals surface area (Å²) in [6, 6.07) is 3.79. The summed E-state index contributed by atoms with van der Waals surface area (Å²) in [5.41, 5.74) is 9.05. The maximum Gasteiger partial charge on any atom is 0.0880 e. The van der Waals surface area contributed by atoms with Crippen LogP contribution in [0.4, 0.5) is 11.4 Å². The Morgan fingerprint density at radius 3 is 2.65 bits per heavy atom. The van der Waals surface area contributed by atoms with Crippen molar-refractivity contribution in [3.8, 4) is 0 Å². The first-order valence-electron chi connectivity index (χ1n) is 6.82. The Balaban J connectivity index is 2.31. The molecule has 1 aliphatic rings. The van der Waals surface area contributed by atoms with Crippen LogP contribution in [0.3, 0.4) is 0 Å². The van der Waals surface area contributed by atoms with Gasteiger partial charge in [0, 0.05) is 30.6 Å². The van der Waals surface area contributed by atoms with E-state index in [1.807, 2.05) is 12.1 Å². The largest absolute Gasteiger partial charge is 0.396 e. The summed E-state index contributed by atoms with van der Waals surface area (Å²) < 4.78 is 0. The molecule has 2 N–H and O–H groups in total. The number of hydrogen-bond acceptors (Lipinski definition) is 3. The molecule has 20 heavy (non-hydrogen) atoms. The molecule has 2 rings (SSSR count). The molecule has 0 aromatic heterocycles. The Kier molecular flexibility index (Phi) is 4.85. The van der Waals surface area contributed by atoms with Gasteiger partial charge in [0.25, 0.3) is 0 Å². The van der Waals surface area contributed by atoms with E-state index in [9.17, 15) is 0 Å². The van der Waals surface area contributed by atoms with E-state index >= 15 is 0 Å². The number of likely N-dealkylation sites (tertiary alicyclic amines) is 1. The lowest BCUT2D eigenvalue weighted by molar-refractivity contribution is 0.326. The van der Waals surface area contributed by atoms with Crippen molar-refractivity contribution in [1.29, 1.82) is 0 Å². The van der Waals surface area contributed by atoms with Crippen molar-refractivity contribution in [2.24, 2.45) is 4.99 Å². The van der Waals surface area contributed by atoms with Crippen LogP contribution in [0.5, 0.6) is 0 Å². The number of nitrogens with two attached hydrogens (primary N) is 1. The second-order valence-electron chi connectivity index (χ2n) is 4.90. The second kappa shape index (κ2) is 6.62. The molecule has 1 aromatic rings. The summed E-state index contributed by atoms with van der Waals surface area (Å²) in [6.45, 7) is 9.90. The van der Waals surface area contributed by atoms with E-state index in [2.05, 4.69) is 23.1 Å². The number of rotatable bonds is 4. The zero-order chi connectivity index (χ0) is 14.5. The minimum absolute atomic E-state index is 0.486. The summed E-state index contributed by atoms with van der Waals surface area (Å²) in [7, 11) is 0. The van der Waals surface area contributed by atoms with Crippen molar-refractivity contribution in [3.05, 3.63) is 42.0 Å². The number of halogens is 1. The third kappa shape index (κ3) is 3.23. The van der Waals surface area contributed by atoms with E-state index in [0.717, 1.165) is 24.4 Å². The predicted molar refractivity (Wildman–Crippen MR) is 88.7 cm³/mol. The van der Waals surface area contributed by atoms with Crippen LogP contribution in [0.1, 0.15) is 24.8 Å². The third-order valence-electron chi connectivity index (χ3n) is 3.50. The Morgan fingerprint density at radius 1 is 1.30 bits per heavy atom. The van der Waals surface area contributed by atoms with Crippen LogP contribution in [0, 0.1) is 0 Å². The summed E-state index contributed by atoms with van der Waals surface area (Å²) in [6.07, 6.45) is 6.93. The van der Waals surface area contributed by atoms with Gasteiger partial charge in [-0.05, 0) is 31.4 Å². The lowest BCUT2D eigenvalue weighted by Crippen LogP contribution is -2.27. The molecule has 0 atom stereocenters. The van der Waals surface area contributed by atoms with Gasteiger partial charge in [-0.3, -0.25) is 4.99 Å². The topological polar surface area (TPSA) is 41.6 Å². The van der Waals surface area contributed by atoms with Crippen molar-refractivity contribution >= 4 is 34.9 Å². The van der Waals surface area contributed by atoms with Crippen molar-refractivity contribution in [2.45, 2.75) is 19.3 Å². The Labute approximate surface area is 125 Å². The van der Waals surface area contributed by atoms with E-state index < -0.39 is 0 Å². The molecule has 3 nitrogen and oxygen atoms in total. The molecule has 1 heterocycles. The molecule has 106 valence electrons. The maximum absolute atomic E-state index is 6.20. The van der Waals surface area contributed by atoms with Crippen molar-refractivity contribution in [3.63, 3.8) is 0 Å². The lowest BCUT2D eigenvalue weighted by atomic mass is 10.1. The zero-order valence-corrected chi connectivity index (χ0v) is 12.4. The lowest BCUT2D eigenvalue weighted by Gasteiger charge is -2.30. The molecule has 0 unspecified atom stereocenters. The maximum atomic E-state index is 6.20. The van der Waals surface area contributed by atoms with Gasteiger partial charge in [-0.15, -0.1) is 0 Å². The predicted octanol–water partition coefficient (Wildman–Crippen LogP) is 4.27. The van der Waals surface area contributed by atoms with E-state index in [4.69, 9.17) is 17.3 Å². The molecule has 0 spiro atoms. The number of anilines is 1. The monoisotopic (exact) mass is 289 g/mol. The van der Waals surface area contributed by atoms with Gasteiger partial charge in [-0.2, -0.15) is 0 Å². The third-order valence-corrected chi connectivity index (χ3v) is 3.81. The van der Waals surface area contributed by atoms with E-state index in [0.29, 0.717) is 16.4 Å². The number of allylic oxidation sites excluding steroid dienone is 1. The van der Waals surface area contributed by atoms with Crippen LogP contribution in [-0.4, -0.2) is 24.2 Å². The molecule has 1 saturated heterocycles. The Morgan fingerprint density at radius 2 is 2.00 bits per heavy atom. The van der Waals surface area contributed by atoms with Crippen molar-refractivity contribution in [1.82, 2.24) is 4.90 Å². The zero-order valence-electron chi connectivity index (χ0n) is 11.6. The number of aliphatic imine (C=N–C) groups is 1. The molecule has 0 radical (unpaired) electrons. The number of benzene rings is 1. The smallest absolute Gasteiger partial charge is 0.0880 e. The van der Waals surface area contributed by atoms with Crippen molar-refractivity contribution in [2.75, 3.05) is 18.8 Å². The van der Waals surface area contributed by atoms with Gasteiger partial charge in [0.2, 0.25) is 0 Å². The number of nitrogen functional groups attached to an aromatic ring is 1. The fourth-order valence-electron chi connectivity index (χ4n) is 2.36. The molecular weight excluding hydrogens is 270 g/mol. The first-order valence-corrected chi connectivity index (χ1v) is 7.19. The van der Waals surface area contributed by atoms with E-state index in [-0.39, 0.29) is 0 Å². The highest BCUT2D eigenvalue weighted by atomic mass is 35.5. The Hall–Kier alpha value is -1.74. The first kappa shape index (κ1) is 14.7.